The molecule has 5 rings (SSSR count). The van der Waals surface area contributed by atoms with Crippen molar-refractivity contribution in [2.24, 2.45) is 0 Å². The zero-order chi connectivity index (χ0) is 22.9. The number of carbonyl (C=O) groups is 1. The summed E-state index contributed by atoms with van der Waals surface area (Å²) < 4.78 is 44.7. The van der Waals surface area contributed by atoms with Gasteiger partial charge >= 0.3 is 0 Å². The quantitative estimate of drug-likeness (QED) is 0.484. The second kappa shape index (κ2) is 8.38. The largest absolute Gasteiger partial charge is 0.497 e. The third-order valence-electron chi connectivity index (χ3n) is 5.15. The number of alkyl halides is 2. The van der Waals surface area contributed by atoms with E-state index in [1.54, 1.807) is 42.5 Å². The summed E-state index contributed by atoms with van der Waals surface area (Å²) in [6.45, 7) is 0.864. The lowest BCUT2D eigenvalue weighted by Crippen LogP contribution is -2.16. The van der Waals surface area contributed by atoms with E-state index in [1.807, 2.05) is 0 Å². The van der Waals surface area contributed by atoms with Gasteiger partial charge in [0.15, 0.2) is 17.1 Å². The molecule has 2 aromatic carbocycles. The molecule has 0 saturated heterocycles. The number of nitrogens with one attached hydrogen (secondary N) is 1. The van der Waals surface area contributed by atoms with E-state index >= 15 is 0 Å². The van der Waals surface area contributed by atoms with Gasteiger partial charge in [0, 0.05) is 17.3 Å². The number of nitrogens with zero attached hydrogens (tertiary/aromatic N) is 3. The molecule has 0 spiro atoms. The van der Waals surface area contributed by atoms with Gasteiger partial charge in [-0.05, 0) is 42.5 Å². The third kappa shape index (κ3) is 3.91. The normalized spacial score (nSPS) is 12.7. The molecule has 0 unspecified atom stereocenters. The van der Waals surface area contributed by atoms with E-state index in [0.29, 0.717) is 41.7 Å². The lowest BCUT2D eigenvalue weighted by molar-refractivity contribution is 0.102. The van der Waals surface area contributed by atoms with E-state index in [9.17, 15) is 13.6 Å². The number of carbonyl (C=O) groups excluding carboxylic acids is 1. The molecule has 0 radical (unpaired) electrons. The van der Waals surface area contributed by atoms with Crippen LogP contribution in [0.4, 0.5) is 14.5 Å². The Labute approximate surface area is 186 Å². The van der Waals surface area contributed by atoms with Crippen molar-refractivity contribution in [3.63, 3.8) is 0 Å². The molecule has 0 fully saturated rings. The number of hydrogen-bond donors (Lipinski definition) is 1. The summed E-state index contributed by atoms with van der Waals surface area (Å²) in [5.74, 6) is 1.18. The molecule has 1 N–H and O–H groups in total. The number of aromatic nitrogens is 3. The minimum atomic E-state index is -2.82. The molecular formula is C23H18F2N4O4. The molecule has 1 amide bonds. The molecule has 1 aliphatic rings. The molecular weight excluding hydrogens is 434 g/mol. The first-order valence-electron chi connectivity index (χ1n) is 10.1. The lowest BCUT2D eigenvalue weighted by Gasteiger charge is -2.18. The van der Waals surface area contributed by atoms with Crippen molar-refractivity contribution in [2.45, 2.75) is 6.43 Å². The molecule has 0 bridgehead atoms. The van der Waals surface area contributed by atoms with Crippen LogP contribution in [0.25, 0.3) is 16.9 Å². The Balaban J connectivity index is 1.52. The van der Waals surface area contributed by atoms with E-state index in [0.717, 1.165) is 4.52 Å². The summed E-state index contributed by atoms with van der Waals surface area (Å²) in [5, 5.41) is 6.72. The Kier molecular flexibility index (Phi) is 5.25. The summed E-state index contributed by atoms with van der Waals surface area (Å²) >= 11 is 0. The lowest BCUT2D eigenvalue weighted by atomic mass is 10.1. The summed E-state index contributed by atoms with van der Waals surface area (Å²) in [6, 6.07) is 13.1. The molecule has 2 aromatic heterocycles. The first kappa shape index (κ1) is 20.7. The highest BCUT2D eigenvalue weighted by Crippen LogP contribution is 2.33. The second-order valence-electron chi connectivity index (χ2n) is 7.20. The molecule has 168 valence electrons. The Morgan fingerprint density at radius 1 is 1.09 bits per heavy atom. The topological polar surface area (TPSA) is 87.0 Å². The molecule has 8 nitrogen and oxygen atoms in total. The van der Waals surface area contributed by atoms with E-state index in [1.165, 1.54) is 19.4 Å². The van der Waals surface area contributed by atoms with Gasteiger partial charge in [-0.3, -0.25) is 4.79 Å². The van der Waals surface area contributed by atoms with Crippen LogP contribution in [0.15, 0.2) is 54.7 Å². The fourth-order valence-corrected chi connectivity index (χ4v) is 3.53. The van der Waals surface area contributed by atoms with E-state index in [4.69, 9.17) is 14.2 Å². The van der Waals surface area contributed by atoms with Gasteiger partial charge in [-0.2, -0.15) is 5.10 Å². The number of halogens is 2. The highest BCUT2D eigenvalue weighted by Gasteiger charge is 2.22. The van der Waals surface area contributed by atoms with Crippen molar-refractivity contribution < 1.29 is 27.8 Å². The summed E-state index contributed by atoms with van der Waals surface area (Å²) in [6.07, 6.45) is -1.60. The maximum atomic E-state index is 13.8. The number of rotatable bonds is 5. The van der Waals surface area contributed by atoms with Crippen molar-refractivity contribution in [2.75, 3.05) is 25.6 Å². The van der Waals surface area contributed by atoms with Crippen LogP contribution < -0.4 is 19.5 Å². The standard InChI is InChI=1S/C23H18F2N4O4/c1-31-15-5-2-13(3-6-15)17-11-18(21(24)25)29-22(28-17)16(12-26-29)23(30)27-14-4-7-19-20(10-14)33-9-8-32-19/h2-7,10-12,21H,8-9H2,1H3,(H,27,30). The van der Waals surface area contributed by atoms with Crippen LogP contribution in [0.2, 0.25) is 0 Å². The van der Waals surface area contributed by atoms with Crippen molar-refractivity contribution in [3.8, 4) is 28.5 Å². The fraction of sp³-hybridized carbons (Fsp3) is 0.174. The molecule has 1 aliphatic heterocycles. The number of hydrogen-bond acceptors (Lipinski definition) is 6. The number of fused-ring (bicyclic) bond motifs is 2. The van der Waals surface area contributed by atoms with E-state index < -0.39 is 12.3 Å². The molecule has 3 heterocycles. The Morgan fingerprint density at radius 2 is 1.85 bits per heavy atom. The predicted molar refractivity (Wildman–Crippen MR) is 115 cm³/mol. The first-order chi connectivity index (χ1) is 16.0. The van der Waals surface area contributed by atoms with Crippen molar-refractivity contribution in [1.29, 1.82) is 0 Å². The van der Waals surface area contributed by atoms with Crippen LogP contribution in [0, 0.1) is 0 Å². The summed E-state index contributed by atoms with van der Waals surface area (Å²) in [7, 11) is 1.53. The molecule has 10 heteroatoms. The highest BCUT2D eigenvalue weighted by molar-refractivity contribution is 6.08. The van der Waals surface area contributed by atoms with Crippen molar-refractivity contribution >= 4 is 17.2 Å². The summed E-state index contributed by atoms with van der Waals surface area (Å²) in [4.78, 5) is 17.4. The molecule has 0 saturated carbocycles. The third-order valence-corrected chi connectivity index (χ3v) is 5.15. The van der Waals surface area contributed by atoms with Crippen LogP contribution in [-0.2, 0) is 0 Å². The number of ether oxygens (including phenoxy) is 3. The predicted octanol–water partition coefficient (Wildman–Crippen LogP) is 4.37. The van der Waals surface area contributed by atoms with Crippen LogP contribution in [0.1, 0.15) is 22.5 Å². The zero-order valence-electron chi connectivity index (χ0n) is 17.4. The minimum Gasteiger partial charge on any atom is -0.497 e. The maximum Gasteiger partial charge on any atom is 0.280 e. The maximum absolute atomic E-state index is 13.8. The molecule has 0 atom stereocenters. The van der Waals surface area contributed by atoms with Gasteiger partial charge in [-0.1, -0.05) is 0 Å². The molecule has 33 heavy (non-hydrogen) atoms. The number of anilines is 1. The van der Waals surface area contributed by atoms with Crippen molar-refractivity contribution in [1.82, 2.24) is 14.6 Å². The second-order valence-corrected chi connectivity index (χ2v) is 7.20. The number of amides is 1. The van der Waals surface area contributed by atoms with Gasteiger partial charge in [-0.15, -0.1) is 0 Å². The Hall–Kier alpha value is -4.21. The van der Waals surface area contributed by atoms with Crippen LogP contribution in [0.3, 0.4) is 0 Å². The van der Waals surface area contributed by atoms with Gasteiger partial charge in [0.25, 0.3) is 12.3 Å². The fourth-order valence-electron chi connectivity index (χ4n) is 3.53. The molecule has 0 aliphatic carbocycles. The van der Waals surface area contributed by atoms with Crippen molar-refractivity contribution in [3.05, 3.63) is 66.0 Å². The monoisotopic (exact) mass is 452 g/mol. The Bertz CT molecular complexity index is 1340. The Morgan fingerprint density at radius 3 is 2.58 bits per heavy atom. The zero-order valence-corrected chi connectivity index (χ0v) is 17.4. The molecule has 4 aromatic rings. The highest BCUT2D eigenvalue weighted by atomic mass is 19.3. The van der Waals surface area contributed by atoms with E-state index in [-0.39, 0.29) is 22.6 Å². The average Bonchev–Trinajstić information content (AvgIpc) is 3.27. The van der Waals surface area contributed by atoms with Crippen LogP contribution in [0.5, 0.6) is 17.2 Å². The van der Waals surface area contributed by atoms with Gasteiger partial charge in [0.2, 0.25) is 0 Å². The van der Waals surface area contributed by atoms with Gasteiger partial charge < -0.3 is 19.5 Å². The van der Waals surface area contributed by atoms with Gasteiger partial charge in [0.1, 0.15) is 30.2 Å². The smallest absolute Gasteiger partial charge is 0.280 e. The van der Waals surface area contributed by atoms with Gasteiger partial charge in [0.05, 0.1) is 19.0 Å². The first-order valence-corrected chi connectivity index (χ1v) is 10.1. The van der Waals surface area contributed by atoms with E-state index in [2.05, 4.69) is 15.4 Å². The number of methoxy groups -OCH3 is 1. The van der Waals surface area contributed by atoms with Crippen LogP contribution >= 0.6 is 0 Å². The minimum absolute atomic E-state index is 0.0219. The number of benzene rings is 2. The SMILES string of the molecule is COc1ccc(-c2cc(C(F)F)n3ncc(C(=O)Nc4ccc5c(c4)OCCO5)c3n2)cc1. The average molecular weight is 452 g/mol. The van der Waals surface area contributed by atoms with Crippen LogP contribution in [-0.4, -0.2) is 40.8 Å². The summed E-state index contributed by atoms with van der Waals surface area (Å²) in [5.41, 5.74) is 1.05. The van der Waals surface area contributed by atoms with Gasteiger partial charge in [-0.25, -0.2) is 18.3 Å².